The molecule has 0 aromatic rings. The van der Waals surface area contributed by atoms with E-state index in [1.54, 1.807) is 4.90 Å². The van der Waals surface area contributed by atoms with Crippen LogP contribution >= 0.6 is 0 Å². The van der Waals surface area contributed by atoms with Crippen LogP contribution in [0.25, 0.3) is 0 Å². The minimum Gasteiger partial charge on any atom is -0.329 e. The molecule has 1 fully saturated rings. The van der Waals surface area contributed by atoms with Gasteiger partial charge in [-0.25, -0.2) is 4.79 Å². The van der Waals surface area contributed by atoms with Gasteiger partial charge < -0.3 is 15.5 Å². The molecular weight excluding hydrogens is 190 g/mol. The van der Waals surface area contributed by atoms with Crippen molar-refractivity contribution in [3.63, 3.8) is 0 Å². The van der Waals surface area contributed by atoms with Crippen LogP contribution in [0.3, 0.4) is 0 Å². The molecule has 4 nitrogen and oxygen atoms in total. The average Bonchev–Trinajstić information content (AvgIpc) is 2.28. The first-order valence-electron chi connectivity index (χ1n) is 5.89. The van der Waals surface area contributed by atoms with Crippen molar-refractivity contribution in [1.82, 2.24) is 9.80 Å². The van der Waals surface area contributed by atoms with Crippen molar-refractivity contribution in [3.8, 4) is 0 Å². The minimum absolute atomic E-state index is 0.138. The van der Waals surface area contributed by atoms with Crippen molar-refractivity contribution in [2.24, 2.45) is 11.7 Å². The molecule has 0 spiro atoms. The third kappa shape index (κ3) is 3.38. The Bertz CT molecular complexity index is 208. The average molecular weight is 213 g/mol. The molecule has 1 unspecified atom stereocenters. The summed E-state index contributed by atoms with van der Waals surface area (Å²) in [4.78, 5) is 15.6. The molecule has 0 aromatic heterocycles. The summed E-state index contributed by atoms with van der Waals surface area (Å²) in [5, 5.41) is 0. The Morgan fingerprint density at radius 1 is 1.60 bits per heavy atom. The van der Waals surface area contributed by atoms with Crippen molar-refractivity contribution >= 4 is 6.03 Å². The molecule has 15 heavy (non-hydrogen) atoms. The van der Waals surface area contributed by atoms with E-state index in [-0.39, 0.29) is 6.03 Å². The van der Waals surface area contributed by atoms with Crippen molar-refractivity contribution in [2.45, 2.75) is 26.2 Å². The summed E-state index contributed by atoms with van der Waals surface area (Å²) in [5.41, 5.74) is 5.44. The van der Waals surface area contributed by atoms with E-state index >= 15 is 0 Å². The topological polar surface area (TPSA) is 49.6 Å². The molecule has 0 saturated carbocycles. The van der Waals surface area contributed by atoms with Gasteiger partial charge in [0.2, 0.25) is 0 Å². The third-order valence-electron chi connectivity index (χ3n) is 3.16. The summed E-state index contributed by atoms with van der Waals surface area (Å²) in [6, 6.07) is 0.138. The highest BCUT2D eigenvalue weighted by Crippen LogP contribution is 2.19. The van der Waals surface area contributed by atoms with Gasteiger partial charge in [0.15, 0.2) is 0 Å². The molecule has 0 aliphatic carbocycles. The van der Waals surface area contributed by atoms with E-state index < -0.39 is 0 Å². The Labute approximate surface area is 92.4 Å². The zero-order valence-electron chi connectivity index (χ0n) is 9.91. The number of likely N-dealkylation sites (N-methyl/N-ethyl adjacent to an activating group) is 1. The number of hydrogen-bond acceptors (Lipinski definition) is 2. The Balaban J connectivity index is 2.44. The highest BCUT2D eigenvalue weighted by molar-refractivity contribution is 5.74. The lowest BCUT2D eigenvalue weighted by molar-refractivity contribution is 0.136. The lowest BCUT2D eigenvalue weighted by atomic mass is 9.96. The maximum atomic E-state index is 11.9. The standard InChI is InChI=1S/C11H23N3O/c1-3-10-5-4-7-14(9-10)11(15)13(2)8-6-12/h10H,3-9,12H2,1-2H3. The number of hydrogen-bond donors (Lipinski definition) is 1. The molecule has 1 aliphatic rings. The second-order valence-corrected chi connectivity index (χ2v) is 4.36. The number of carbonyl (C=O) groups excluding carboxylic acids is 1. The number of carbonyl (C=O) groups is 1. The van der Waals surface area contributed by atoms with Crippen LogP contribution in [-0.4, -0.2) is 49.1 Å². The van der Waals surface area contributed by atoms with Gasteiger partial charge in [0.05, 0.1) is 0 Å². The number of piperidine rings is 1. The maximum absolute atomic E-state index is 11.9. The van der Waals surface area contributed by atoms with E-state index in [1.807, 2.05) is 11.9 Å². The number of amides is 2. The Kier molecular flexibility index (Phi) is 4.88. The van der Waals surface area contributed by atoms with Crippen LogP contribution in [0.1, 0.15) is 26.2 Å². The van der Waals surface area contributed by atoms with Gasteiger partial charge in [0.1, 0.15) is 0 Å². The quantitative estimate of drug-likeness (QED) is 0.763. The fraction of sp³-hybridized carbons (Fsp3) is 0.909. The summed E-state index contributed by atoms with van der Waals surface area (Å²) in [7, 11) is 1.82. The number of urea groups is 1. The van der Waals surface area contributed by atoms with Gasteiger partial charge in [-0.2, -0.15) is 0 Å². The largest absolute Gasteiger partial charge is 0.329 e. The lowest BCUT2D eigenvalue weighted by Crippen LogP contribution is -2.47. The SMILES string of the molecule is CCC1CCCN(C(=O)N(C)CCN)C1. The van der Waals surface area contributed by atoms with Crippen LogP contribution in [0.15, 0.2) is 0 Å². The van der Waals surface area contributed by atoms with E-state index in [1.165, 1.54) is 12.8 Å². The molecule has 1 rings (SSSR count). The van der Waals surface area contributed by atoms with Crippen molar-refractivity contribution in [1.29, 1.82) is 0 Å². The van der Waals surface area contributed by atoms with Gasteiger partial charge in [-0.3, -0.25) is 0 Å². The lowest BCUT2D eigenvalue weighted by Gasteiger charge is -2.34. The van der Waals surface area contributed by atoms with Crippen molar-refractivity contribution in [2.75, 3.05) is 33.2 Å². The van der Waals surface area contributed by atoms with Crippen LogP contribution in [0, 0.1) is 5.92 Å². The van der Waals surface area contributed by atoms with E-state index in [0.29, 0.717) is 19.0 Å². The summed E-state index contributed by atoms with van der Waals surface area (Å²) < 4.78 is 0. The third-order valence-corrected chi connectivity index (χ3v) is 3.16. The molecule has 2 amide bonds. The molecule has 1 aliphatic heterocycles. The fourth-order valence-electron chi connectivity index (χ4n) is 2.10. The van der Waals surface area contributed by atoms with E-state index in [2.05, 4.69) is 6.92 Å². The number of likely N-dealkylation sites (tertiary alicyclic amines) is 1. The molecule has 88 valence electrons. The maximum Gasteiger partial charge on any atom is 0.319 e. The number of rotatable bonds is 3. The zero-order valence-corrected chi connectivity index (χ0v) is 9.91. The summed E-state index contributed by atoms with van der Waals surface area (Å²) in [5.74, 6) is 0.689. The highest BCUT2D eigenvalue weighted by Gasteiger charge is 2.24. The second-order valence-electron chi connectivity index (χ2n) is 4.36. The molecule has 1 atom stereocenters. The Morgan fingerprint density at radius 3 is 2.93 bits per heavy atom. The van der Waals surface area contributed by atoms with Crippen LogP contribution < -0.4 is 5.73 Å². The predicted molar refractivity (Wildman–Crippen MR) is 61.7 cm³/mol. The molecular formula is C11H23N3O. The van der Waals surface area contributed by atoms with Crippen LogP contribution in [0.4, 0.5) is 4.79 Å². The summed E-state index contributed by atoms with van der Waals surface area (Å²) in [6.07, 6.45) is 3.58. The first kappa shape index (κ1) is 12.3. The van der Waals surface area contributed by atoms with Crippen molar-refractivity contribution < 1.29 is 4.79 Å². The fourth-order valence-corrected chi connectivity index (χ4v) is 2.10. The van der Waals surface area contributed by atoms with Crippen LogP contribution in [0.2, 0.25) is 0 Å². The molecule has 4 heteroatoms. The molecule has 0 bridgehead atoms. The van der Waals surface area contributed by atoms with Crippen LogP contribution in [0.5, 0.6) is 0 Å². The number of nitrogens with zero attached hydrogens (tertiary/aromatic N) is 2. The van der Waals surface area contributed by atoms with E-state index in [4.69, 9.17) is 5.73 Å². The van der Waals surface area contributed by atoms with Gasteiger partial charge in [-0.1, -0.05) is 13.3 Å². The summed E-state index contributed by atoms with van der Waals surface area (Å²) in [6.45, 7) is 5.20. The molecule has 2 N–H and O–H groups in total. The molecule has 1 saturated heterocycles. The highest BCUT2D eigenvalue weighted by atomic mass is 16.2. The summed E-state index contributed by atoms with van der Waals surface area (Å²) >= 11 is 0. The number of nitrogens with two attached hydrogens (primary N) is 1. The van der Waals surface area contributed by atoms with Gasteiger partial charge >= 0.3 is 6.03 Å². The minimum atomic E-state index is 0.138. The monoisotopic (exact) mass is 213 g/mol. The van der Waals surface area contributed by atoms with E-state index in [9.17, 15) is 4.79 Å². The Hall–Kier alpha value is -0.770. The van der Waals surface area contributed by atoms with Gasteiger partial charge in [0, 0.05) is 33.2 Å². The van der Waals surface area contributed by atoms with Gasteiger partial charge in [-0.15, -0.1) is 0 Å². The molecule has 0 radical (unpaired) electrons. The van der Waals surface area contributed by atoms with Gasteiger partial charge in [0.25, 0.3) is 0 Å². The first-order chi connectivity index (χ1) is 7.19. The van der Waals surface area contributed by atoms with Crippen molar-refractivity contribution in [3.05, 3.63) is 0 Å². The molecule has 0 aromatic carbocycles. The van der Waals surface area contributed by atoms with Gasteiger partial charge in [-0.05, 0) is 18.8 Å². The van der Waals surface area contributed by atoms with Crippen LogP contribution in [-0.2, 0) is 0 Å². The molecule has 1 heterocycles. The first-order valence-corrected chi connectivity index (χ1v) is 5.89. The normalized spacial score (nSPS) is 21.5. The zero-order chi connectivity index (χ0) is 11.3. The predicted octanol–water partition coefficient (Wildman–Crippen LogP) is 1.12. The van der Waals surface area contributed by atoms with E-state index in [0.717, 1.165) is 19.5 Å². The second kappa shape index (κ2) is 5.95. The smallest absolute Gasteiger partial charge is 0.319 e. The Morgan fingerprint density at radius 2 is 2.33 bits per heavy atom.